The zero-order chi connectivity index (χ0) is 18.5. The Morgan fingerprint density at radius 1 is 1.27 bits per heavy atom. The van der Waals surface area contributed by atoms with E-state index in [0.717, 1.165) is 34.3 Å². The van der Waals surface area contributed by atoms with Crippen molar-refractivity contribution in [3.8, 4) is 5.75 Å². The van der Waals surface area contributed by atoms with Gasteiger partial charge >= 0.3 is 0 Å². The fourth-order valence-corrected chi connectivity index (χ4v) is 3.51. The van der Waals surface area contributed by atoms with Gasteiger partial charge in [0.15, 0.2) is 5.96 Å². The molecular formula is C21H26ClN3O. The highest BCUT2D eigenvalue weighted by atomic mass is 35.5. The van der Waals surface area contributed by atoms with Crippen LogP contribution in [0.15, 0.2) is 47.5 Å². The predicted molar refractivity (Wildman–Crippen MR) is 109 cm³/mol. The smallest absolute Gasteiger partial charge is 0.199 e. The van der Waals surface area contributed by atoms with Gasteiger partial charge < -0.3 is 15.3 Å². The van der Waals surface area contributed by atoms with E-state index >= 15 is 0 Å². The summed E-state index contributed by atoms with van der Waals surface area (Å²) in [5.74, 6) is 1.14. The summed E-state index contributed by atoms with van der Waals surface area (Å²) >= 11 is 6.29. The molecule has 4 nitrogen and oxygen atoms in total. The first-order valence-corrected chi connectivity index (χ1v) is 9.53. The average Bonchev–Trinajstić information content (AvgIpc) is 2.62. The summed E-state index contributed by atoms with van der Waals surface area (Å²) in [4.78, 5) is 7.21. The number of guanidine groups is 1. The normalized spacial score (nSPS) is 18.0. The number of benzene rings is 2. The molecule has 0 aliphatic carbocycles. The van der Waals surface area contributed by atoms with Gasteiger partial charge in [-0.15, -0.1) is 0 Å². The van der Waals surface area contributed by atoms with Gasteiger partial charge in [0.25, 0.3) is 0 Å². The molecule has 0 radical (unpaired) electrons. The van der Waals surface area contributed by atoms with Gasteiger partial charge in [-0.1, -0.05) is 29.8 Å². The summed E-state index contributed by atoms with van der Waals surface area (Å²) in [5, 5.41) is 13.9. The van der Waals surface area contributed by atoms with E-state index in [9.17, 15) is 5.11 Å². The van der Waals surface area contributed by atoms with Gasteiger partial charge in [-0.3, -0.25) is 0 Å². The number of hydrogen-bond acceptors (Lipinski definition) is 2. The van der Waals surface area contributed by atoms with Crippen molar-refractivity contribution >= 4 is 23.2 Å². The molecule has 3 rings (SSSR count). The molecule has 0 amide bonds. The van der Waals surface area contributed by atoms with Crippen molar-refractivity contribution in [2.45, 2.75) is 45.7 Å². The van der Waals surface area contributed by atoms with Crippen LogP contribution in [0.5, 0.6) is 5.75 Å². The Hall–Kier alpha value is -2.20. The lowest BCUT2D eigenvalue weighted by Crippen LogP contribution is -2.45. The van der Waals surface area contributed by atoms with Crippen LogP contribution in [-0.4, -0.2) is 28.6 Å². The Balaban J connectivity index is 1.88. The first-order chi connectivity index (χ1) is 12.5. The summed E-state index contributed by atoms with van der Waals surface area (Å²) in [6, 6.07) is 13.6. The number of anilines is 1. The summed E-state index contributed by atoms with van der Waals surface area (Å²) in [5.41, 5.74) is 2.96. The summed E-state index contributed by atoms with van der Waals surface area (Å²) in [7, 11) is 0. The number of piperidine rings is 1. The van der Waals surface area contributed by atoms with Crippen LogP contribution in [0.1, 0.15) is 37.3 Å². The second-order valence-corrected chi connectivity index (χ2v) is 7.30. The van der Waals surface area contributed by atoms with Crippen LogP contribution < -0.4 is 5.32 Å². The third-order valence-corrected chi connectivity index (χ3v) is 5.26. The molecule has 2 aromatic carbocycles. The molecule has 1 heterocycles. The van der Waals surface area contributed by atoms with Crippen LogP contribution >= 0.6 is 11.6 Å². The quantitative estimate of drug-likeness (QED) is 0.443. The molecule has 1 saturated heterocycles. The Labute approximate surface area is 160 Å². The molecular weight excluding hydrogens is 346 g/mol. The second-order valence-electron chi connectivity index (χ2n) is 6.89. The first kappa shape index (κ1) is 18.6. The average molecular weight is 372 g/mol. The van der Waals surface area contributed by atoms with Crippen LogP contribution in [0.3, 0.4) is 0 Å². The van der Waals surface area contributed by atoms with E-state index in [1.54, 1.807) is 12.1 Å². The van der Waals surface area contributed by atoms with Crippen molar-refractivity contribution in [3.05, 3.63) is 58.6 Å². The van der Waals surface area contributed by atoms with Gasteiger partial charge in [0.05, 0.1) is 6.54 Å². The Kier molecular flexibility index (Phi) is 6.04. The lowest BCUT2D eigenvalue weighted by atomic mass is 10.0. The number of nitrogens with zero attached hydrogens (tertiary/aromatic N) is 2. The zero-order valence-corrected chi connectivity index (χ0v) is 16.1. The number of halogens is 1. The van der Waals surface area contributed by atoms with E-state index in [-0.39, 0.29) is 5.75 Å². The SMILES string of the molecule is Cc1cc(O)ccc1NC(=NCc1ccccc1Cl)N1CCCCC1C. The Bertz CT molecular complexity index is 791. The molecule has 0 aromatic heterocycles. The molecule has 2 N–H and O–H groups in total. The van der Waals surface area contributed by atoms with E-state index < -0.39 is 0 Å². The van der Waals surface area contributed by atoms with E-state index in [1.165, 1.54) is 19.3 Å². The highest BCUT2D eigenvalue weighted by Crippen LogP contribution is 2.23. The Morgan fingerprint density at radius 2 is 2.08 bits per heavy atom. The number of phenolic OH excluding ortho intramolecular Hbond substituents is 1. The number of phenols is 1. The van der Waals surface area contributed by atoms with Gasteiger partial charge in [0, 0.05) is 23.3 Å². The number of aryl methyl sites for hydroxylation is 1. The van der Waals surface area contributed by atoms with E-state index in [1.807, 2.05) is 37.3 Å². The number of aromatic hydroxyl groups is 1. The molecule has 5 heteroatoms. The molecule has 1 aliphatic heterocycles. The summed E-state index contributed by atoms with van der Waals surface area (Å²) in [6.07, 6.45) is 3.60. The minimum absolute atomic E-state index is 0.272. The molecule has 0 saturated carbocycles. The largest absolute Gasteiger partial charge is 0.508 e. The van der Waals surface area contributed by atoms with Crippen molar-refractivity contribution in [1.82, 2.24) is 4.90 Å². The minimum atomic E-state index is 0.272. The second kappa shape index (κ2) is 8.45. The summed E-state index contributed by atoms with van der Waals surface area (Å²) < 4.78 is 0. The monoisotopic (exact) mass is 371 g/mol. The van der Waals surface area contributed by atoms with Gasteiger partial charge in [0.1, 0.15) is 5.75 Å². The molecule has 138 valence electrons. The lowest BCUT2D eigenvalue weighted by Gasteiger charge is -2.36. The third-order valence-electron chi connectivity index (χ3n) is 4.89. The zero-order valence-electron chi connectivity index (χ0n) is 15.4. The van der Waals surface area contributed by atoms with Crippen LogP contribution in [0, 0.1) is 6.92 Å². The summed E-state index contributed by atoms with van der Waals surface area (Å²) in [6.45, 7) is 5.75. The highest BCUT2D eigenvalue weighted by molar-refractivity contribution is 6.31. The van der Waals surface area contributed by atoms with Crippen LogP contribution in [0.4, 0.5) is 5.69 Å². The number of nitrogens with one attached hydrogen (secondary N) is 1. The maximum Gasteiger partial charge on any atom is 0.199 e. The minimum Gasteiger partial charge on any atom is -0.508 e. The third kappa shape index (κ3) is 4.50. The fourth-order valence-electron chi connectivity index (χ4n) is 3.31. The van der Waals surface area contributed by atoms with Crippen molar-refractivity contribution in [2.24, 2.45) is 4.99 Å². The van der Waals surface area contributed by atoms with E-state index in [0.29, 0.717) is 12.6 Å². The molecule has 1 atom stereocenters. The number of hydrogen-bond donors (Lipinski definition) is 2. The van der Waals surface area contributed by atoms with Crippen molar-refractivity contribution < 1.29 is 5.11 Å². The molecule has 1 aliphatic rings. The van der Waals surface area contributed by atoms with Gasteiger partial charge in [0.2, 0.25) is 0 Å². The molecule has 26 heavy (non-hydrogen) atoms. The maximum atomic E-state index is 9.66. The van der Waals surface area contributed by atoms with Crippen molar-refractivity contribution in [1.29, 1.82) is 0 Å². The molecule has 0 spiro atoms. The highest BCUT2D eigenvalue weighted by Gasteiger charge is 2.22. The maximum absolute atomic E-state index is 9.66. The Morgan fingerprint density at radius 3 is 2.81 bits per heavy atom. The standard InChI is InChI=1S/C21H26ClN3O/c1-15-13-18(26)10-11-20(15)24-21(25-12-6-5-7-16(25)2)23-14-17-8-3-4-9-19(17)22/h3-4,8-11,13,16,26H,5-7,12,14H2,1-2H3,(H,23,24). The van der Waals surface area contributed by atoms with Crippen LogP contribution in [0.2, 0.25) is 5.02 Å². The van der Waals surface area contributed by atoms with Crippen molar-refractivity contribution in [3.63, 3.8) is 0 Å². The van der Waals surface area contributed by atoms with Gasteiger partial charge in [-0.2, -0.15) is 0 Å². The molecule has 0 bridgehead atoms. The number of rotatable bonds is 3. The van der Waals surface area contributed by atoms with Crippen LogP contribution in [0.25, 0.3) is 0 Å². The van der Waals surface area contributed by atoms with E-state index in [2.05, 4.69) is 17.1 Å². The van der Waals surface area contributed by atoms with Gasteiger partial charge in [-0.05, 0) is 68.5 Å². The van der Waals surface area contributed by atoms with Crippen LogP contribution in [-0.2, 0) is 6.54 Å². The van der Waals surface area contributed by atoms with Gasteiger partial charge in [-0.25, -0.2) is 4.99 Å². The number of aliphatic imine (C=N–C) groups is 1. The fraction of sp³-hybridized carbons (Fsp3) is 0.381. The molecule has 1 unspecified atom stereocenters. The topological polar surface area (TPSA) is 47.9 Å². The van der Waals surface area contributed by atoms with E-state index in [4.69, 9.17) is 16.6 Å². The lowest BCUT2D eigenvalue weighted by molar-refractivity contribution is 0.257. The predicted octanol–water partition coefficient (Wildman–Crippen LogP) is 5.20. The first-order valence-electron chi connectivity index (χ1n) is 9.15. The van der Waals surface area contributed by atoms with Crippen molar-refractivity contribution in [2.75, 3.05) is 11.9 Å². The molecule has 1 fully saturated rings. The molecule has 2 aromatic rings. The number of likely N-dealkylation sites (tertiary alicyclic amines) is 1.